The number of carbonyl (C=O) groups is 1. The van der Waals surface area contributed by atoms with Crippen LogP contribution in [0.1, 0.15) is 11.1 Å². The number of thioether (sulfide) groups is 1. The normalized spacial score (nSPS) is 10.7. The summed E-state index contributed by atoms with van der Waals surface area (Å²) in [5.74, 6) is 0.436. The molecular formula is C18H16ClN3O2S. The van der Waals surface area contributed by atoms with Crippen LogP contribution in [-0.2, 0) is 4.79 Å². The van der Waals surface area contributed by atoms with Crippen LogP contribution in [0.15, 0.2) is 52.1 Å². The molecule has 0 aliphatic heterocycles. The zero-order valence-electron chi connectivity index (χ0n) is 13.7. The second kappa shape index (κ2) is 7.72. The van der Waals surface area contributed by atoms with Crippen molar-refractivity contribution >= 4 is 35.0 Å². The molecule has 0 saturated heterocycles. The van der Waals surface area contributed by atoms with Crippen molar-refractivity contribution in [2.45, 2.75) is 19.1 Å². The number of hydrogen-bond donors (Lipinski definition) is 1. The van der Waals surface area contributed by atoms with Crippen LogP contribution in [0.2, 0.25) is 5.02 Å². The summed E-state index contributed by atoms with van der Waals surface area (Å²) in [5, 5.41) is 11.8. The first-order valence-corrected chi connectivity index (χ1v) is 8.97. The van der Waals surface area contributed by atoms with Crippen molar-refractivity contribution in [1.29, 1.82) is 0 Å². The largest absolute Gasteiger partial charge is 0.411 e. The number of carbonyl (C=O) groups excluding carboxylic acids is 1. The summed E-state index contributed by atoms with van der Waals surface area (Å²) >= 11 is 7.15. The number of rotatable bonds is 5. The van der Waals surface area contributed by atoms with Crippen LogP contribution < -0.4 is 5.32 Å². The molecule has 1 aromatic heterocycles. The first kappa shape index (κ1) is 17.5. The van der Waals surface area contributed by atoms with E-state index < -0.39 is 0 Å². The van der Waals surface area contributed by atoms with E-state index in [1.165, 1.54) is 11.8 Å². The molecule has 0 aliphatic carbocycles. The van der Waals surface area contributed by atoms with Gasteiger partial charge in [0.2, 0.25) is 11.8 Å². The number of aromatic nitrogens is 2. The molecule has 5 nitrogen and oxygen atoms in total. The molecule has 128 valence electrons. The molecule has 0 bridgehead atoms. The first-order chi connectivity index (χ1) is 12.0. The molecule has 0 atom stereocenters. The molecule has 2 aromatic carbocycles. The van der Waals surface area contributed by atoms with Crippen LogP contribution >= 0.6 is 23.4 Å². The number of hydrogen-bond acceptors (Lipinski definition) is 5. The van der Waals surface area contributed by atoms with Crippen LogP contribution in [0.4, 0.5) is 5.69 Å². The van der Waals surface area contributed by atoms with Crippen molar-refractivity contribution in [3.8, 4) is 11.5 Å². The molecule has 0 saturated carbocycles. The molecule has 0 aliphatic rings. The Balaban J connectivity index is 1.60. The zero-order valence-corrected chi connectivity index (χ0v) is 15.3. The predicted octanol–water partition coefficient (Wildman–Crippen LogP) is 4.74. The molecule has 0 radical (unpaired) electrons. The van der Waals surface area contributed by atoms with E-state index in [-0.39, 0.29) is 11.7 Å². The van der Waals surface area contributed by atoms with E-state index in [9.17, 15) is 4.79 Å². The maximum Gasteiger partial charge on any atom is 0.277 e. The van der Waals surface area contributed by atoms with Gasteiger partial charge in [-0.15, -0.1) is 10.2 Å². The number of aryl methyl sites for hydroxylation is 1. The van der Waals surface area contributed by atoms with Gasteiger partial charge in [-0.1, -0.05) is 41.6 Å². The van der Waals surface area contributed by atoms with E-state index in [0.717, 1.165) is 22.4 Å². The van der Waals surface area contributed by atoms with Gasteiger partial charge in [-0.25, -0.2) is 0 Å². The maximum absolute atomic E-state index is 12.1. The summed E-state index contributed by atoms with van der Waals surface area (Å²) in [6.45, 7) is 3.99. The van der Waals surface area contributed by atoms with Crippen molar-refractivity contribution in [1.82, 2.24) is 10.2 Å². The molecule has 0 fully saturated rings. The van der Waals surface area contributed by atoms with Crippen molar-refractivity contribution in [2.24, 2.45) is 0 Å². The Morgan fingerprint density at radius 2 is 2.00 bits per heavy atom. The molecule has 3 rings (SSSR count). The fraction of sp³-hybridized carbons (Fsp3) is 0.167. The predicted molar refractivity (Wildman–Crippen MR) is 100 cm³/mol. The Morgan fingerprint density at radius 3 is 2.80 bits per heavy atom. The van der Waals surface area contributed by atoms with E-state index in [4.69, 9.17) is 16.0 Å². The number of nitrogens with one attached hydrogen (secondary N) is 1. The van der Waals surface area contributed by atoms with E-state index >= 15 is 0 Å². The Morgan fingerprint density at radius 1 is 1.20 bits per heavy atom. The number of amides is 1. The summed E-state index contributed by atoms with van der Waals surface area (Å²) in [4.78, 5) is 12.1. The lowest BCUT2D eigenvalue weighted by Gasteiger charge is -2.09. The van der Waals surface area contributed by atoms with Crippen LogP contribution in [-0.4, -0.2) is 21.9 Å². The zero-order chi connectivity index (χ0) is 17.8. The molecule has 0 spiro atoms. The highest BCUT2D eigenvalue weighted by molar-refractivity contribution is 7.99. The number of nitrogens with zero attached hydrogens (tertiary/aromatic N) is 2. The quantitative estimate of drug-likeness (QED) is 0.654. The Kier molecular flexibility index (Phi) is 5.40. The molecular weight excluding hydrogens is 358 g/mol. The average molecular weight is 374 g/mol. The van der Waals surface area contributed by atoms with Crippen LogP contribution in [0, 0.1) is 13.8 Å². The monoisotopic (exact) mass is 373 g/mol. The third-order valence-electron chi connectivity index (χ3n) is 3.68. The van der Waals surface area contributed by atoms with Crippen molar-refractivity contribution in [2.75, 3.05) is 11.1 Å². The van der Waals surface area contributed by atoms with Gasteiger partial charge in [0, 0.05) is 16.3 Å². The highest BCUT2D eigenvalue weighted by atomic mass is 35.5. The minimum Gasteiger partial charge on any atom is -0.411 e. The third kappa shape index (κ3) is 4.41. The van der Waals surface area contributed by atoms with Gasteiger partial charge < -0.3 is 9.73 Å². The van der Waals surface area contributed by atoms with Crippen LogP contribution in [0.5, 0.6) is 0 Å². The molecule has 25 heavy (non-hydrogen) atoms. The SMILES string of the molecule is Cc1cccc(NC(=O)CSc2nnc(-c3cccc(Cl)c3)o2)c1C. The summed E-state index contributed by atoms with van der Waals surface area (Å²) in [6, 6.07) is 13.0. The number of halogens is 1. The fourth-order valence-corrected chi connectivity index (χ4v) is 2.96. The van der Waals surface area contributed by atoms with E-state index in [0.29, 0.717) is 16.1 Å². The van der Waals surface area contributed by atoms with Crippen molar-refractivity contribution in [3.63, 3.8) is 0 Å². The van der Waals surface area contributed by atoms with Gasteiger partial charge >= 0.3 is 0 Å². The summed E-state index contributed by atoms with van der Waals surface area (Å²) in [7, 11) is 0. The fourth-order valence-electron chi connectivity index (χ4n) is 2.21. The Hall–Kier alpha value is -2.31. The van der Waals surface area contributed by atoms with Crippen molar-refractivity contribution < 1.29 is 9.21 Å². The lowest BCUT2D eigenvalue weighted by Crippen LogP contribution is -2.15. The minimum absolute atomic E-state index is 0.124. The van der Waals surface area contributed by atoms with Gasteiger partial charge in [0.15, 0.2) is 0 Å². The molecule has 0 unspecified atom stereocenters. The van der Waals surface area contributed by atoms with E-state index in [1.54, 1.807) is 12.1 Å². The molecule has 1 N–H and O–H groups in total. The molecule has 3 aromatic rings. The van der Waals surface area contributed by atoms with E-state index in [1.807, 2.05) is 44.2 Å². The highest BCUT2D eigenvalue weighted by Gasteiger charge is 2.12. The first-order valence-electron chi connectivity index (χ1n) is 7.61. The van der Waals surface area contributed by atoms with Gasteiger partial charge in [-0.3, -0.25) is 4.79 Å². The van der Waals surface area contributed by atoms with Gasteiger partial charge in [-0.2, -0.15) is 0 Å². The Bertz CT molecular complexity index is 911. The van der Waals surface area contributed by atoms with E-state index in [2.05, 4.69) is 15.5 Å². The average Bonchev–Trinajstić information content (AvgIpc) is 3.06. The Labute approximate surface area is 154 Å². The second-order valence-corrected chi connectivity index (χ2v) is 6.83. The number of anilines is 1. The van der Waals surface area contributed by atoms with Gasteiger partial charge in [0.25, 0.3) is 5.22 Å². The summed E-state index contributed by atoms with van der Waals surface area (Å²) in [6.07, 6.45) is 0. The smallest absolute Gasteiger partial charge is 0.277 e. The standard InChI is InChI=1S/C18H16ClN3O2S/c1-11-5-3-8-15(12(11)2)20-16(23)10-25-18-22-21-17(24-18)13-6-4-7-14(19)9-13/h3-9H,10H2,1-2H3,(H,20,23). The highest BCUT2D eigenvalue weighted by Crippen LogP contribution is 2.25. The van der Waals surface area contributed by atoms with Crippen molar-refractivity contribution in [3.05, 3.63) is 58.6 Å². The summed E-state index contributed by atoms with van der Waals surface area (Å²) < 4.78 is 5.57. The lowest BCUT2D eigenvalue weighted by molar-refractivity contribution is -0.113. The second-order valence-electron chi connectivity index (χ2n) is 5.47. The lowest BCUT2D eigenvalue weighted by atomic mass is 10.1. The summed E-state index contributed by atoms with van der Waals surface area (Å²) in [5.41, 5.74) is 3.75. The van der Waals surface area contributed by atoms with Crippen LogP contribution in [0.3, 0.4) is 0 Å². The molecule has 1 amide bonds. The molecule has 7 heteroatoms. The third-order valence-corrected chi connectivity index (χ3v) is 4.74. The van der Waals surface area contributed by atoms with Gasteiger partial charge in [0.05, 0.1) is 5.75 Å². The van der Waals surface area contributed by atoms with Gasteiger partial charge in [-0.05, 0) is 49.2 Å². The number of benzene rings is 2. The minimum atomic E-state index is -0.124. The molecule has 1 heterocycles. The topological polar surface area (TPSA) is 68.0 Å². The van der Waals surface area contributed by atoms with Crippen LogP contribution in [0.25, 0.3) is 11.5 Å². The maximum atomic E-state index is 12.1. The van der Waals surface area contributed by atoms with Gasteiger partial charge in [0.1, 0.15) is 0 Å².